The molecule has 0 saturated carbocycles. The van der Waals surface area contributed by atoms with E-state index in [1.54, 1.807) is 72.8 Å². The highest BCUT2D eigenvalue weighted by Gasteiger charge is 2.13. The van der Waals surface area contributed by atoms with Crippen LogP contribution in [0.4, 0.5) is 0 Å². The Morgan fingerprint density at radius 3 is 1.20 bits per heavy atom. The number of allylic oxidation sites excluding steroid dienone is 4. The van der Waals surface area contributed by atoms with Crippen LogP contribution in [-0.2, 0) is 9.47 Å². The molecule has 4 aromatic carbocycles. The van der Waals surface area contributed by atoms with Crippen molar-refractivity contribution in [3.05, 3.63) is 132 Å². The van der Waals surface area contributed by atoms with Gasteiger partial charge in [-0.05, 0) is 160 Å². The molecule has 2 unspecified atom stereocenters. The van der Waals surface area contributed by atoms with Gasteiger partial charge in [-0.15, -0.1) is 0 Å². The van der Waals surface area contributed by atoms with Crippen molar-refractivity contribution in [3.8, 4) is 34.1 Å². The van der Waals surface area contributed by atoms with Crippen molar-refractivity contribution >= 4 is 11.9 Å². The van der Waals surface area contributed by atoms with E-state index in [1.165, 1.54) is 12.8 Å². The molecule has 0 bridgehead atoms. The predicted molar refractivity (Wildman–Crippen MR) is 219 cm³/mol. The van der Waals surface area contributed by atoms with E-state index in [1.807, 2.05) is 24.3 Å². The van der Waals surface area contributed by atoms with Gasteiger partial charge in [0.1, 0.15) is 23.0 Å². The van der Waals surface area contributed by atoms with Crippen LogP contribution >= 0.6 is 0 Å². The number of benzene rings is 4. The lowest BCUT2D eigenvalue weighted by Crippen LogP contribution is -2.12. The van der Waals surface area contributed by atoms with E-state index in [0.29, 0.717) is 59.2 Å². The number of rotatable bonds is 21. The van der Waals surface area contributed by atoms with Gasteiger partial charge in [-0.3, -0.25) is 0 Å². The number of carbonyl (C=O) groups is 2. The van der Waals surface area contributed by atoms with Crippen LogP contribution in [0.3, 0.4) is 0 Å². The molecule has 0 radical (unpaired) electrons. The van der Waals surface area contributed by atoms with Crippen LogP contribution in [-0.4, -0.2) is 51.6 Å². The van der Waals surface area contributed by atoms with Gasteiger partial charge in [0, 0.05) is 26.4 Å². The maximum atomic E-state index is 12.8. The second-order valence-corrected chi connectivity index (χ2v) is 14.4. The van der Waals surface area contributed by atoms with Crippen molar-refractivity contribution in [1.29, 1.82) is 0 Å². The van der Waals surface area contributed by atoms with Crippen molar-refractivity contribution in [2.75, 3.05) is 39.6 Å². The van der Waals surface area contributed by atoms with E-state index in [2.05, 4.69) is 24.3 Å². The van der Waals surface area contributed by atoms with Gasteiger partial charge in [0.15, 0.2) is 0 Å². The maximum absolute atomic E-state index is 12.8. The maximum Gasteiger partial charge on any atom is 0.343 e. The molecule has 2 aliphatic rings. The van der Waals surface area contributed by atoms with Crippen LogP contribution < -0.4 is 18.9 Å². The zero-order valence-electron chi connectivity index (χ0n) is 32.3. The van der Waals surface area contributed by atoms with Gasteiger partial charge < -0.3 is 28.4 Å². The van der Waals surface area contributed by atoms with Gasteiger partial charge >= 0.3 is 11.9 Å². The number of hydrogen-bond donors (Lipinski definition) is 0. The summed E-state index contributed by atoms with van der Waals surface area (Å²) in [6.45, 7) is 4.38. The highest BCUT2D eigenvalue weighted by Crippen LogP contribution is 2.26. The second kappa shape index (κ2) is 22.4. The Bertz CT molecular complexity index is 1690. The monoisotopic (exact) mass is 758 g/mol. The van der Waals surface area contributed by atoms with Crippen molar-refractivity contribution in [1.82, 2.24) is 0 Å². The average molecular weight is 759 g/mol. The molecular formula is C48H54O8. The lowest BCUT2D eigenvalue weighted by Gasteiger charge is -2.17. The third-order valence-electron chi connectivity index (χ3n) is 10.0. The van der Waals surface area contributed by atoms with Crippen LogP contribution in [0.2, 0.25) is 0 Å². The Hall–Kier alpha value is -5.18. The van der Waals surface area contributed by atoms with Crippen LogP contribution in [0.1, 0.15) is 84.9 Å². The normalized spacial score (nSPS) is 16.3. The number of carbonyl (C=O) groups excluding carboxylic acids is 2. The highest BCUT2D eigenvalue weighted by molar-refractivity contribution is 5.92. The number of hydrogen-bond acceptors (Lipinski definition) is 8. The summed E-state index contributed by atoms with van der Waals surface area (Å²) >= 11 is 0. The SMILES string of the molecule is O=C(Oc1ccc(-c2ccc(OC(=O)c3ccc(OCCCCOCC4CC=CCC4)cc3)cc2)cc1)c1ccc(OCCCCOCC2CC=CCC2)cc1. The Labute approximate surface area is 331 Å². The van der Waals surface area contributed by atoms with Crippen LogP contribution in [0.25, 0.3) is 11.1 Å². The quantitative estimate of drug-likeness (QED) is 0.0359. The molecule has 294 valence electrons. The molecule has 0 fully saturated rings. The van der Waals surface area contributed by atoms with E-state index in [-0.39, 0.29) is 0 Å². The summed E-state index contributed by atoms with van der Waals surface area (Å²) in [4.78, 5) is 25.6. The van der Waals surface area contributed by atoms with E-state index in [4.69, 9.17) is 28.4 Å². The van der Waals surface area contributed by atoms with Gasteiger partial charge in [0.2, 0.25) is 0 Å². The molecule has 8 nitrogen and oxygen atoms in total. The molecule has 0 aromatic heterocycles. The molecule has 0 N–H and O–H groups in total. The van der Waals surface area contributed by atoms with Gasteiger partial charge in [0.05, 0.1) is 24.3 Å². The van der Waals surface area contributed by atoms with Crippen molar-refractivity contribution < 1.29 is 38.0 Å². The first-order chi connectivity index (χ1) is 27.6. The lowest BCUT2D eigenvalue weighted by molar-refractivity contribution is 0.0725. The fourth-order valence-corrected chi connectivity index (χ4v) is 6.65. The molecular weight excluding hydrogens is 705 g/mol. The summed E-state index contributed by atoms with van der Waals surface area (Å²) in [7, 11) is 0. The fourth-order valence-electron chi connectivity index (χ4n) is 6.65. The summed E-state index contributed by atoms with van der Waals surface area (Å²) in [5.74, 6) is 2.74. The summed E-state index contributed by atoms with van der Waals surface area (Å²) < 4.78 is 34.6. The molecule has 0 heterocycles. The number of ether oxygens (including phenoxy) is 6. The Kier molecular flexibility index (Phi) is 16.2. The largest absolute Gasteiger partial charge is 0.494 e. The summed E-state index contributed by atoms with van der Waals surface area (Å²) in [5, 5.41) is 0. The lowest BCUT2D eigenvalue weighted by atomic mass is 9.95. The number of unbranched alkanes of at least 4 members (excludes halogenated alkanes) is 2. The van der Waals surface area contributed by atoms with Gasteiger partial charge in [-0.25, -0.2) is 9.59 Å². The highest BCUT2D eigenvalue weighted by atomic mass is 16.5. The van der Waals surface area contributed by atoms with E-state index < -0.39 is 11.9 Å². The smallest absolute Gasteiger partial charge is 0.343 e. The van der Waals surface area contributed by atoms with Crippen molar-refractivity contribution in [2.24, 2.45) is 11.8 Å². The van der Waals surface area contributed by atoms with E-state index in [0.717, 1.165) is 88.9 Å². The van der Waals surface area contributed by atoms with Crippen LogP contribution in [0, 0.1) is 11.8 Å². The Morgan fingerprint density at radius 2 is 0.821 bits per heavy atom. The van der Waals surface area contributed by atoms with E-state index >= 15 is 0 Å². The van der Waals surface area contributed by atoms with Gasteiger partial charge in [-0.1, -0.05) is 48.6 Å². The summed E-state index contributed by atoms with van der Waals surface area (Å²) in [6.07, 6.45) is 19.8. The Balaban J connectivity index is 0.853. The minimum absolute atomic E-state index is 0.441. The first-order valence-corrected chi connectivity index (χ1v) is 20.1. The third-order valence-corrected chi connectivity index (χ3v) is 10.0. The van der Waals surface area contributed by atoms with Gasteiger partial charge in [0.25, 0.3) is 0 Å². The first-order valence-electron chi connectivity index (χ1n) is 20.1. The summed E-state index contributed by atoms with van der Waals surface area (Å²) in [5.41, 5.74) is 2.74. The summed E-state index contributed by atoms with van der Waals surface area (Å²) in [6, 6.07) is 28.5. The minimum atomic E-state index is -0.442. The molecule has 8 heteroatoms. The molecule has 6 rings (SSSR count). The predicted octanol–water partition coefficient (Wildman–Crippen LogP) is 10.9. The average Bonchev–Trinajstić information content (AvgIpc) is 3.24. The van der Waals surface area contributed by atoms with Crippen LogP contribution in [0.15, 0.2) is 121 Å². The fraction of sp³-hybridized carbons (Fsp3) is 0.375. The van der Waals surface area contributed by atoms with Crippen molar-refractivity contribution in [2.45, 2.75) is 64.2 Å². The molecule has 2 atom stereocenters. The molecule has 0 amide bonds. The first kappa shape index (κ1) is 40.5. The standard InChI is InChI=1S/C48H54O8/c49-47(41-19-23-43(24-20-41)53-33-9-7-31-51-35-37-11-3-1-4-12-37)55-45-27-15-39(16-28-45)40-17-29-46(30-18-40)56-48(50)42-21-25-44(26-22-42)54-34-10-8-32-52-36-38-13-5-2-6-14-38/h1-3,5,15-30,37-38H,4,6-14,31-36H2. The molecule has 0 saturated heterocycles. The minimum Gasteiger partial charge on any atom is -0.494 e. The Morgan fingerprint density at radius 1 is 0.446 bits per heavy atom. The molecule has 0 aliphatic heterocycles. The van der Waals surface area contributed by atoms with E-state index in [9.17, 15) is 9.59 Å². The molecule has 4 aromatic rings. The second-order valence-electron chi connectivity index (χ2n) is 14.4. The zero-order valence-corrected chi connectivity index (χ0v) is 32.3. The van der Waals surface area contributed by atoms with Crippen molar-refractivity contribution in [3.63, 3.8) is 0 Å². The topological polar surface area (TPSA) is 89.5 Å². The van der Waals surface area contributed by atoms with Gasteiger partial charge in [-0.2, -0.15) is 0 Å². The van der Waals surface area contributed by atoms with Crippen LogP contribution in [0.5, 0.6) is 23.0 Å². The molecule has 2 aliphatic carbocycles. The third kappa shape index (κ3) is 13.5. The number of esters is 2. The molecule has 56 heavy (non-hydrogen) atoms. The zero-order chi connectivity index (χ0) is 38.6. The molecule has 0 spiro atoms.